The van der Waals surface area contributed by atoms with E-state index in [1.54, 1.807) is 6.20 Å². The van der Waals surface area contributed by atoms with Crippen LogP contribution in [0.2, 0.25) is 0 Å². The summed E-state index contributed by atoms with van der Waals surface area (Å²) >= 11 is 0. The molecule has 19 heavy (non-hydrogen) atoms. The number of nitrogens with zero attached hydrogens (tertiary/aromatic N) is 1. The Morgan fingerprint density at radius 3 is 2.84 bits per heavy atom. The fourth-order valence-corrected chi connectivity index (χ4v) is 2.63. The Bertz CT molecular complexity index is 576. The van der Waals surface area contributed by atoms with Gasteiger partial charge in [0.2, 0.25) is 5.91 Å². The van der Waals surface area contributed by atoms with Gasteiger partial charge in [0, 0.05) is 18.3 Å². The summed E-state index contributed by atoms with van der Waals surface area (Å²) in [6.45, 7) is 2.76. The molecule has 2 aromatic rings. The smallest absolute Gasteiger partial charge is 0.233 e. The molecule has 1 atom stereocenters. The number of carbonyl (C=O) groups is 1. The van der Waals surface area contributed by atoms with Crippen LogP contribution in [0, 0.1) is 0 Å². The van der Waals surface area contributed by atoms with E-state index in [0.29, 0.717) is 6.54 Å². The number of carbonyl (C=O) groups excluding carboxylic acids is 1. The molecule has 1 aromatic carbocycles. The fourth-order valence-electron chi connectivity index (χ4n) is 2.63. The van der Waals surface area contributed by atoms with Gasteiger partial charge in [-0.15, -0.1) is 0 Å². The second-order valence-corrected chi connectivity index (χ2v) is 4.75. The van der Waals surface area contributed by atoms with Gasteiger partial charge in [-0.2, -0.15) is 0 Å². The molecule has 0 saturated carbocycles. The third kappa shape index (κ3) is 1.91. The zero-order valence-electron chi connectivity index (χ0n) is 10.9. The van der Waals surface area contributed by atoms with Crippen LogP contribution in [0.3, 0.4) is 0 Å². The van der Waals surface area contributed by atoms with Gasteiger partial charge in [-0.05, 0) is 23.6 Å². The van der Waals surface area contributed by atoms with Crippen molar-refractivity contribution >= 4 is 5.91 Å². The van der Waals surface area contributed by atoms with Gasteiger partial charge >= 0.3 is 0 Å². The zero-order valence-corrected chi connectivity index (χ0v) is 10.9. The maximum absolute atomic E-state index is 12.4. The Hall–Kier alpha value is -2.16. The predicted octanol–water partition coefficient (Wildman–Crippen LogP) is 2.72. The van der Waals surface area contributed by atoms with Crippen LogP contribution in [-0.2, 0) is 4.79 Å². The van der Waals surface area contributed by atoms with E-state index in [0.717, 1.165) is 28.8 Å². The maximum atomic E-state index is 12.4. The van der Waals surface area contributed by atoms with Crippen molar-refractivity contribution in [3.05, 3.63) is 53.9 Å². The van der Waals surface area contributed by atoms with Gasteiger partial charge in [0.1, 0.15) is 5.92 Å². The Kier molecular flexibility index (Phi) is 3.03. The van der Waals surface area contributed by atoms with Crippen LogP contribution < -0.4 is 5.32 Å². The topological polar surface area (TPSA) is 42.0 Å². The van der Waals surface area contributed by atoms with E-state index in [4.69, 9.17) is 0 Å². The van der Waals surface area contributed by atoms with Gasteiger partial charge in [-0.25, -0.2) is 0 Å². The van der Waals surface area contributed by atoms with Crippen molar-refractivity contribution in [1.29, 1.82) is 0 Å². The first-order valence-electron chi connectivity index (χ1n) is 6.65. The fraction of sp³-hybridized carbons (Fsp3) is 0.250. The quantitative estimate of drug-likeness (QED) is 0.912. The standard InChI is InChI=1S/C16H16N2O/c1-2-9-18-16(19)14-12-7-4-3-6-11(12)13-8-5-10-17-15(13)14/h3-8,10,14H,2,9H2,1H3,(H,18,19). The normalized spacial score (nSPS) is 15.7. The first-order chi connectivity index (χ1) is 9.33. The van der Waals surface area contributed by atoms with Gasteiger partial charge in [0.05, 0.1) is 5.69 Å². The lowest BCUT2D eigenvalue weighted by atomic mass is 9.99. The second kappa shape index (κ2) is 4.84. The highest BCUT2D eigenvalue weighted by molar-refractivity contribution is 5.95. The summed E-state index contributed by atoms with van der Waals surface area (Å²) in [6, 6.07) is 12.0. The Labute approximate surface area is 112 Å². The number of hydrogen-bond donors (Lipinski definition) is 1. The Balaban J connectivity index is 2.07. The SMILES string of the molecule is CCCNC(=O)C1c2ccccc2-c2cccnc21. The number of benzene rings is 1. The van der Waals surface area contributed by atoms with Gasteiger partial charge in [-0.3, -0.25) is 9.78 Å². The van der Waals surface area contributed by atoms with Crippen molar-refractivity contribution in [2.45, 2.75) is 19.3 Å². The zero-order chi connectivity index (χ0) is 13.2. The van der Waals surface area contributed by atoms with Gasteiger partial charge in [-0.1, -0.05) is 37.3 Å². The number of rotatable bonds is 3. The average Bonchev–Trinajstić information content (AvgIpc) is 2.79. The lowest BCUT2D eigenvalue weighted by Gasteiger charge is -2.12. The van der Waals surface area contributed by atoms with Crippen molar-refractivity contribution in [2.24, 2.45) is 0 Å². The highest BCUT2D eigenvalue weighted by Gasteiger charge is 2.34. The molecular formula is C16H16N2O. The number of amides is 1. The van der Waals surface area contributed by atoms with Crippen molar-refractivity contribution in [3.8, 4) is 11.1 Å². The first kappa shape index (κ1) is 11.9. The first-order valence-corrected chi connectivity index (χ1v) is 6.65. The molecule has 1 N–H and O–H groups in total. The molecule has 0 fully saturated rings. The van der Waals surface area contributed by atoms with Gasteiger partial charge in [0.15, 0.2) is 0 Å². The summed E-state index contributed by atoms with van der Waals surface area (Å²) in [5.74, 6) is -0.217. The lowest BCUT2D eigenvalue weighted by Crippen LogP contribution is -2.30. The van der Waals surface area contributed by atoms with E-state index in [2.05, 4.69) is 23.3 Å². The van der Waals surface area contributed by atoms with Crippen LogP contribution in [0.5, 0.6) is 0 Å². The lowest BCUT2D eigenvalue weighted by molar-refractivity contribution is -0.121. The molecule has 0 aliphatic heterocycles. The Morgan fingerprint density at radius 2 is 2.00 bits per heavy atom. The van der Waals surface area contributed by atoms with E-state index < -0.39 is 0 Å². The minimum Gasteiger partial charge on any atom is -0.355 e. The monoisotopic (exact) mass is 252 g/mol. The second-order valence-electron chi connectivity index (χ2n) is 4.75. The number of pyridine rings is 1. The van der Waals surface area contributed by atoms with Crippen LogP contribution in [-0.4, -0.2) is 17.4 Å². The van der Waals surface area contributed by atoms with Crippen LogP contribution in [0.1, 0.15) is 30.5 Å². The predicted molar refractivity (Wildman–Crippen MR) is 74.8 cm³/mol. The van der Waals surface area contributed by atoms with E-state index in [-0.39, 0.29) is 11.8 Å². The highest BCUT2D eigenvalue weighted by Crippen LogP contribution is 2.43. The summed E-state index contributed by atoms with van der Waals surface area (Å²) in [5, 5.41) is 2.98. The average molecular weight is 252 g/mol. The highest BCUT2D eigenvalue weighted by atomic mass is 16.1. The molecule has 3 nitrogen and oxygen atoms in total. The van der Waals surface area contributed by atoms with E-state index in [9.17, 15) is 4.79 Å². The molecule has 1 amide bonds. The molecule has 1 unspecified atom stereocenters. The largest absolute Gasteiger partial charge is 0.355 e. The number of nitrogens with one attached hydrogen (secondary N) is 1. The third-order valence-corrected chi connectivity index (χ3v) is 3.49. The van der Waals surface area contributed by atoms with Crippen molar-refractivity contribution in [3.63, 3.8) is 0 Å². The molecule has 1 aliphatic rings. The molecule has 0 saturated heterocycles. The molecule has 1 aromatic heterocycles. The maximum Gasteiger partial charge on any atom is 0.233 e. The third-order valence-electron chi connectivity index (χ3n) is 3.49. The van der Waals surface area contributed by atoms with Crippen LogP contribution in [0.25, 0.3) is 11.1 Å². The molecule has 1 aliphatic carbocycles. The van der Waals surface area contributed by atoms with Crippen LogP contribution in [0.4, 0.5) is 0 Å². The number of hydrogen-bond acceptors (Lipinski definition) is 2. The van der Waals surface area contributed by atoms with Crippen molar-refractivity contribution < 1.29 is 4.79 Å². The molecule has 1 heterocycles. The number of aromatic nitrogens is 1. The summed E-state index contributed by atoms with van der Waals surface area (Å²) in [4.78, 5) is 16.8. The van der Waals surface area contributed by atoms with Crippen LogP contribution in [0.15, 0.2) is 42.6 Å². The van der Waals surface area contributed by atoms with Gasteiger partial charge < -0.3 is 5.32 Å². The number of fused-ring (bicyclic) bond motifs is 3. The minimum absolute atomic E-state index is 0.0479. The van der Waals surface area contributed by atoms with E-state index in [1.165, 1.54) is 0 Å². The summed E-state index contributed by atoms with van der Waals surface area (Å²) < 4.78 is 0. The van der Waals surface area contributed by atoms with E-state index >= 15 is 0 Å². The van der Waals surface area contributed by atoms with Crippen molar-refractivity contribution in [1.82, 2.24) is 10.3 Å². The molecule has 0 radical (unpaired) electrons. The molecule has 96 valence electrons. The van der Waals surface area contributed by atoms with Crippen LogP contribution >= 0.6 is 0 Å². The minimum atomic E-state index is -0.265. The summed E-state index contributed by atoms with van der Waals surface area (Å²) in [7, 11) is 0. The molecule has 3 heteroatoms. The van der Waals surface area contributed by atoms with Crippen molar-refractivity contribution in [2.75, 3.05) is 6.54 Å². The Morgan fingerprint density at radius 1 is 1.21 bits per heavy atom. The molecular weight excluding hydrogens is 236 g/mol. The summed E-state index contributed by atoms with van der Waals surface area (Å²) in [5.41, 5.74) is 4.14. The molecule has 0 bridgehead atoms. The molecule has 0 spiro atoms. The summed E-state index contributed by atoms with van der Waals surface area (Å²) in [6.07, 6.45) is 2.69. The van der Waals surface area contributed by atoms with E-state index in [1.807, 2.05) is 30.3 Å². The van der Waals surface area contributed by atoms with Gasteiger partial charge in [0.25, 0.3) is 0 Å². The molecule has 3 rings (SSSR count).